The fraction of sp³-hybridized carbons (Fsp3) is 0.500. The van der Waals surface area contributed by atoms with Crippen molar-refractivity contribution in [1.29, 1.82) is 0 Å². The third-order valence-electron chi connectivity index (χ3n) is 4.12. The molecular formula is C12H15FN2O2S. The van der Waals surface area contributed by atoms with Crippen LogP contribution in [-0.4, -0.2) is 27.4 Å². The van der Waals surface area contributed by atoms with Crippen LogP contribution in [0.5, 0.6) is 0 Å². The van der Waals surface area contributed by atoms with Gasteiger partial charge in [0.2, 0.25) is 10.0 Å². The Kier molecular flexibility index (Phi) is 2.21. The van der Waals surface area contributed by atoms with Crippen LogP contribution in [0.1, 0.15) is 18.4 Å². The highest BCUT2D eigenvalue weighted by atomic mass is 32.2. The van der Waals surface area contributed by atoms with E-state index in [1.54, 1.807) is 18.2 Å². The molecule has 2 unspecified atom stereocenters. The molecule has 1 aliphatic heterocycles. The number of halogens is 1. The van der Waals surface area contributed by atoms with Crippen LogP contribution in [0.2, 0.25) is 0 Å². The van der Waals surface area contributed by atoms with Gasteiger partial charge >= 0.3 is 0 Å². The van der Waals surface area contributed by atoms with Gasteiger partial charge in [0.25, 0.3) is 0 Å². The maximum absolute atomic E-state index is 14.0. The molecule has 18 heavy (non-hydrogen) atoms. The Balaban J connectivity index is 2.23. The third kappa shape index (κ3) is 1.32. The van der Waals surface area contributed by atoms with Crippen molar-refractivity contribution in [2.45, 2.75) is 24.4 Å². The minimum atomic E-state index is -3.42. The van der Waals surface area contributed by atoms with E-state index in [0.717, 1.165) is 11.8 Å². The minimum absolute atomic E-state index is 0.177. The lowest BCUT2D eigenvalue weighted by Crippen LogP contribution is -2.50. The van der Waals surface area contributed by atoms with Crippen LogP contribution in [0.25, 0.3) is 0 Å². The molecule has 0 saturated heterocycles. The molecule has 2 aliphatic rings. The van der Waals surface area contributed by atoms with Crippen LogP contribution in [-0.2, 0) is 15.4 Å². The summed E-state index contributed by atoms with van der Waals surface area (Å²) in [7, 11) is -3.42. The predicted molar refractivity (Wildman–Crippen MR) is 68.9 cm³/mol. The summed E-state index contributed by atoms with van der Waals surface area (Å²) >= 11 is 0. The van der Waals surface area contributed by atoms with Crippen molar-refractivity contribution in [2.75, 3.05) is 22.8 Å². The van der Waals surface area contributed by atoms with Gasteiger partial charge in [0.1, 0.15) is 6.17 Å². The van der Waals surface area contributed by atoms with Gasteiger partial charge in [0, 0.05) is 12.0 Å². The van der Waals surface area contributed by atoms with E-state index in [0.29, 0.717) is 24.2 Å². The molecule has 2 atom stereocenters. The summed E-state index contributed by atoms with van der Waals surface area (Å²) < 4.78 is 38.9. The summed E-state index contributed by atoms with van der Waals surface area (Å²) in [5.74, 6) is 0. The van der Waals surface area contributed by atoms with E-state index >= 15 is 0 Å². The second kappa shape index (κ2) is 3.38. The van der Waals surface area contributed by atoms with Gasteiger partial charge < -0.3 is 5.73 Å². The number of nitrogens with two attached hydrogens (primary N) is 1. The van der Waals surface area contributed by atoms with E-state index in [-0.39, 0.29) is 6.54 Å². The molecule has 1 spiro atoms. The second-order valence-corrected chi connectivity index (χ2v) is 7.08. The number of sulfonamides is 1. The molecule has 0 radical (unpaired) electrons. The Morgan fingerprint density at radius 2 is 2.22 bits per heavy atom. The number of hydrogen-bond acceptors (Lipinski definition) is 3. The number of benzene rings is 1. The van der Waals surface area contributed by atoms with Crippen LogP contribution in [0, 0.1) is 0 Å². The van der Waals surface area contributed by atoms with Gasteiger partial charge in [-0.25, -0.2) is 12.8 Å². The largest absolute Gasteiger partial charge is 0.397 e. The monoisotopic (exact) mass is 270 g/mol. The van der Waals surface area contributed by atoms with Crippen LogP contribution >= 0.6 is 0 Å². The molecule has 98 valence electrons. The average molecular weight is 270 g/mol. The van der Waals surface area contributed by atoms with Crippen LogP contribution in [0.15, 0.2) is 18.2 Å². The molecular weight excluding hydrogens is 255 g/mol. The number of alkyl halides is 1. The SMILES string of the molecule is CS(=O)(=O)N1CC2(CCC2F)c2cccc(N)c21. The fourth-order valence-corrected chi connectivity index (χ4v) is 4.03. The molecule has 0 amide bonds. The van der Waals surface area contributed by atoms with Crippen molar-refractivity contribution in [3.63, 3.8) is 0 Å². The lowest BCUT2D eigenvalue weighted by atomic mass is 9.64. The number of anilines is 2. The molecule has 3 rings (SSSR count). The van der Waals surface area contributed by atoms with E-state index < -0.39 is 21.6 Å². The average Bonchev–Trinajstić information content (AvgIpc) is 2.66. The van der Waals surface area contributed by atoms with E-state index in [1.165, 1.54) is 4.31 Å². The highest BCUT2D eigenvalue weighted by Crippen LogP contribution is 2.55. The van der Waals surface area contributed by atoms with Gasteiger partial charge in [-0.3, -0.25) is 4.31 Å². The van der Waals surface area contributed by atoms with Crippen molar-refractivity contribution < 1.29 is 12.8 Å². The number of para-hydroxylation sites is 1. The van der Waals surface area contributed by atoms with Gasteiger partial charge in [-0.2, -0.15) is 0 Å². The predicted octanol–water partition coefficient (Wildman–Crippen LogP) is 1.42. The van der Waals surface area contributed by atoms with E-state index in [2.05, 4.69) is 0 Å². The summed E-state index contributed by atoms with van der Waals surface area (Å²) in [6.07, 6.45) is 1.32. The normalized spacial score (nSPS) is 30.3. The molecule has 1 aromatic rings. The Hall–Kier alpha value is -1.30. The summed E-state index contributed by atoms with van der Waals surface area (Å²) in [6, 6.07) is 5.21. The van der Waals surface area contributed by atoms with Crippen molar-refractivity contribution in [3.05, 3.63) is 23.8 Å². The summed E-state index contributed by atoms with van der Waals surface area (Å²) in [6.45, 7) is 0.177. The van der Waals surface area contributed by atoms with Gasteiger partial charge in [-0.15, -0.1) is 0 Å². The first-order valence-corrected chi connectivity index (χ1v) is 7.72. The molecule has 1 fully saturated rings. The van der Waals surface area contributed by atoms with Crippen molar-refractivity contribution in [3.8, 4) is 0 Å². The lowest BCUT2D eigenvalue weighted by Gasteiger charge is -2.42. The third-order valence-corrected chi connectivity index (χ3v) is 5.23. The lowest BCUT2D eigenvalue weighted by molar-refractivity contribution is 0.0850. The Morgan fingerprint density at radius 1 is 1.50 bits per heavy atom. The number of nitrogens with zero attached hydrogens (tertiary/aromatic N) is 1. The zero-order valence-electron chi connectivity index (χ0n) is 10.1. The van der Waals surface area contributed by atoms with Crippen LogP contribution in [0.3, 0.4) is 0 Å². The maximum atomic E-state index is 14.0. The first-order valence-electron chi connectivity index (χ1n) is 5.87. The quantitative estimate of drug-likeness (QED) is 0.785. The Bertz CT molecular complexity index is 617. The summed E-state index contributed by atoms with van der Waals surface area (Å²) in [5, 5.41) is 0. The van der Waals surface area contributed by atoms with E-state index in [9.17, 15) is 12.8 Å². The smallest absolute Gasteiger partial charge is 0.232 e. The molecule has 1 aromatic carbocycles. The number of nitrogen functional groups attached to an aromatic ring is 1. The molecule has 1 aliphatic carbocycles. The second-order valence-electron chi connectivity index (χ2n) is 5.18. The standard InChI is InChI=1S/C12H15FN2O2S/c1-18(16,17)15-7-12(6-5-10(12)13)8-3-2-4-9(14)11(8)15/h2-4,10H,5-7,14H2,1H3. The highest BCUT2D eigenvalue weighted by molar-refractivity contribution is 7.92. The molecule has 0 bridgehead atoms. The topological polar surface area (TPSA) is 63.4 Å². The Labute approximate surface area is 106 Å². The molecule has 4 nitrogen and oxygen atoms in total. The van der Waals surface area contributed by atoms with Crippen molar-refractivity contribution in [1.82, 2.24) is 0 Å². The van der Waals surface area contributed by atoms with Gasteiger partial charge in [-0.05, 0) is 24.5 Å². The van der Waals surface area contributed by atoms with Gasteiger partial charge in [-0.1, -0.05) is 12.1 Å². The molecule has 0 aromatic heterocycles. The van der Waals surface area contributed by atoms with Gasteiger partial charge in [0.15, 0.2) is 0 Å². The van der Waals surface area contributed by atoms with Crippen LogP contribution in [0.4, 0.5) is 15.8 Å². The minimum Gasteiger partial charge on any atom is -0.397 e. The van der Waals surface area contributed by atoms with Crippen molar-refractivity contribution in [2.24, 2.45) is 0 Å². The van der Waals surface area contributed by atoms with Crippen LogP contribution < -0.4 is 10.0 Å². The summed E-state index contributed by atoms with van der Waals surface area (Å²) in [5.41, 5.74) is 6.82. The fourth-order valence-electron chi connectivity index (χ4n) is 3.03. The van der Waals surface area contributed by atoms with Crippen molar-refractivity contribution >= 4 is 21.4 Å². The molecule has 6 heteroatoms. The Morgan fingerprint density at radius 3 is 2.72 bits per heavy atom. The van der Waals surface area contributed by atoms with E-state index in [1.807, 2.05) is 0 Å². The number of hydrogen-bond donors (Lipinski definition) is 1. The highest BCUT2D eigenvalue weighted by Gasteiger charge is 2.56. The number of rotatable bonds is 1. The zero-order valence-corrected chi connectivity index (χ0v) is 10.9. The zero-order chi connectivity index (χ0) is 13.1. The first-order chi connectivity index (χ1) is 8.36. The molecule has 2 N–H and O–H groups in total. The number of fused-ring (bicyclic) bond motifs is 2. The maximum Gasteiger partial charge on any atom is 0.232 e. The van der Waals surface area contributed by atoms with Gasteiger partial charge in [0.05, 0.1) is 17.6 Å². The molecule has 1 heterocycles. The first kappa shape index (κ1) is 11.8. The van der Waals surface area contributed by atoms with E-state index in [4.69, 9.17) is 5.73 Å². The molecule has 1 saturated carbocycles. The summed E-state index contributed by atoms with van der Waals surface area (Å²) in [4.78, 5) is 0.